The molecule has 1 N–H and O–H groups in total. The van der Waals surface area contributed by atoms with E-state index in [0.717, 1.165) is 17.6 Å². The monoisotopic (exact) mass is 192 g/mol. The average Bonchev–Trinajstić information content (AvgIpc) is 2.63. The molecule has 0 amide bonds. The lowest BCUT2D eigenvalue weighted by Crippen LogP contribution is -1.93. The van der Waals surface area contributed by atoms with Gasteiger partial charge in [-0.3, -0.25) is 4.98 Å². The fourth-order valence-electron chi connectivity index (χ4n) is 1.38. The molecule has 0 radical (unpaired) electrons. The summed E-state index contributed by atoms with van der Waals surface area (Å²) in [7, 11) is 1.95. The summed E-state index contributed by atoms with van der Waals surface area (Å²) in [5, 5.41) is 5.28. The van der Waals surface area contributed by atoms with Crippen LogP contribution in [0.25, 0.3) is 10.2 Å². The van der Waals surface area contributed by atoms with Gasteiger partial charge in [0.1, 0.15) is 0 Å². The van der Waals surface area contributed by atoms with Gasteiger partial charge in [0.15, 0.2) is 0 Å². The van der Waals surface area contributed by atoms with Crippen molar-refractivity contribution in [3.8, 4) is 0 Å². The van der Waals surface area contributed by atoms with Crippen molar-refractivity contribution in [2.24, 2.45) is 0 Å². The Bertz CT molecular complexity index is 420. The molecule has 0 aromatic carbocycles. The highest BCUT2D eigenvalue weighted by Crippen LogP contribution is 2.27. The van der Waals surface area contributed by atoms with Crippen LogP contribution < -0.4 is 5.32 Å². The second-order valence-corrected chi connectivity index (χ2v) is 3.82. The number of hydrogen-bond donors (Lipinski definition) is 1. The predicted molar refractivity (Wildman–Crippen MR) is 58.5 cm³/mol. The van der Waals surface area contributed by atoms with Crippen LogP contribution in [0.2, 0.25) is 0 Å². The fraction of sp³-hybridized carbons (Fsp3) is 0.300. The van der Waals surface area contributed by atoms with E-state index in [1.807, 2.05) is 7.05 Å². The Hall–Kier alpha value is -1.09. The summed E-state index contributed by atoms with van der Waals surface area (Å²) in [6, 6.07) is 4.19. The Labute approximate surface area is 81.6 Å². The molecule has 2 heterocycles. The van der Waals surface area contributed by atoms with Crippen LogP contribution in [-0.4, -0.2) is 12.0 Å². The number of rotatable bonds is 2. The number of fused-ring (bicyclic) bond motifs is 1. The maximum Gasteiger partial charge on any atom is 0.0834 e. The van der Waals surface area contributed by atoms with E-state index >= 15 is 0 Å². The molecule has 0 atom stereocenters. The van der Waals surface area contributed by atoms with Crippen LogP contribution in [0.4, 0.5) is 5.69 Å². The summed E-state index contributed by atoms with van der Waals surface area (Å²) in [5.41, 5.74) is 3.45. The molecule has 0 saturated heterocycles. The number of thiophene rings is 1. The van der Waals surface area contributed by atoms with E-state index in [0.29, 0.717) is 0 Å². The molecule has 0 spiro atoms. The molecule has 0 saturated carbocycles. The largest absolute Gasteiger partial charge is 0.387 e. The molecule has 68 valence electrons. The van der Waals surface area contributed by atoms with Gasteiger partial charge in [0.2, 0.25) is 0 Å². The van der Waals surface area contributed by atoms with Crippen molar-refractivity contribution in [2.75, 3.05) is 12.4 Å². The van der Waals surface area contributed by atoms with Gasteiger partial charge in [-0.25, -0.2) is 0 Å². The topological polar surface area (TPSA) is 24.9 Å². The third kappa shape index (κ3) is 1.40. The first-order valence-electron chi connectivity index (χ1n) is 4.40. The molecule has 2 rings (SSSR count). The van der Waals surface area contributed by atoms with E-state index in [2.05, 4.69) is 34.7 Å². The van der Waals surface area contributed by atoms with E-state index in [1.54, 1.807) is 11.3 Å². The van der Waals surface area contributed by atoms with Crippen LogP contribution in [0.15, 0.2) is 17.5 Å². The smallest absolute Gasteiger partial charge is 0.0834 e. The minimum atomic E-state index is 0.987. The van der Waals surface area contributed by atoms with Crippen LogP contribution in [0.3, 0.4) is 0 Å². The summed E-state index contributed by atoms with van der Waals surface area (Å²) < 4.78 is 1.25. The number of anilines is 1. The summed E-state index contributed by atoms with van der Waals surface area (Å²) in [4.78, 5) is 4.53. The fourth-order valence-corrected chi connectivity index (χ4v) is 2.23. The molecule has 3 heteroatoms. The van der Waals surface area contributed by atoms with Gasteiger partial charge in [0.25, 0.3) is 0 Å². The number of nitrogens with zero attached hydrogens (tertiary/aromatic N) is 1. The van der Waals surface area contributed by atoms with Gasteiger partial charge in [-0.15, -0.1) is 11.3 Å². The number of pyridine rings is 1. The first kappa shape index (κ1) is 8.51. The van der Waals surface area contributed by atoms with Crippen LogP contribution >= 0.6 is 11.3 Å². The van der Waals surface area contributed by atoms with Gasteiger partial charge in [-0.1, -0.05) is 6.92 Å². The second-order valence-electron chi connectivity index (χ2n) is 2.90. The molecule has 0 aliphatic rings. The van der Waals surface area contributed by atoms with Crippen LogP contribution in [0.1, 0.15) is 12.6 Å². The molecule has 0 aliphatic heterocycles. The third-order valence-electron chi connectivity index (χ3n) is 2.10. The van der Waals surface area contributed by atoms with Gasteiger partial charge in [0, 0.05) is 12.7 Å². The van der Waals surface area contributed by atoms with Gasteiger partial charge in [-0.2, -0.15) is 0 Å². The van der Waals surface area contributed by atoms with Crippen molar-refractivity contribution in [1.82, 2.24) is 4.98 Å². The van der Waals surface area contributed by atoms with Crippen molar-refractivity contribution in [3.63, 3.8) is 0 Å². The lowest BCUT2D eigenvalue weighted by atomic mass is 10.2. The van der Waals surface area contributed by atoms with Gasteiger partial charge < -0.3 is 5.32 Å². The first-order valence-corrected chi connectivity index (χ1v) is 5.28. The number of aryl methyl sites for hydroxylation is 1. The molecule has 2 aromatic rings. The highest BCUT2D eigenvalue weighted by molar-refractivity contribution is 7.17. The van der Waals surface area contributed by atoms with E-state index in [-0.39, 0.29) is 0 Å². The zero-order valence-corrected chi connectivity index (χ0v) is 8.61. The normalized spacial score (nSPS) is 10.6. The lowest BCUT2D eigenvalue weighted by Gasteiger charge is -2.03. The van der Waals surface area contributed by atoms with E-state index in [1.165, 1.54) is 10.4 Å². The predicted octanol–water partition coefficient (Wildman–Crippen LogP) is 2.90. The number of hydrogen-bond acceptors (Lipinski definition) is 3. The minimum Gasteiger partial charge on any atom is -0.387 e. The summed E-state index contributed by atoms with van der Waals surface area (Å²) in [6.07, 6.45) is 0.987. The summed E-state index contributed by atoms with van der Waals surface area (Å²) in [6.45, 7) is 2.12. The summed E-state index contributed by atoms with van der Waals surface area (Å²) >= 11 is 1.73. The standard InChI is InChI=1S/C10H12N2S/c1-3-7-6-9(11-2)10-8(12-7)4-5-13-10/h4-6H,3H2,1-2H3,(H,11,12). The van der Waals surface area contributed by atoms with Crippen molar-refractivity contribution >= 4 is 27.2 Å². The number of nitrogens with one attached hydrogen (secondary N) is 1. The Morgan fingerprint density at radius 2 is 2.38 bits per heavy atom. The Morgan fingerprint density at radius 1 is 1.54 bits per heavy atom. The molecule has 0 fully saturated rings. The van der Waals surface area contributed by atoms with Crippen LogP contribution in [0, 0.1) is 0 Å². The lowest BCUT2D eigenvalue weighted by molar-refractivity contribution is 1.06. The molecular formula is C10H12N2S. The van der Waals surface area contributed by atoms with Crippen molar-refractivity contribution in [3.05, 3.63) is 23.2 Å². The van der Waals surface area contributed by atoms with E-state index in [9.17, 15) is 0 Å². The van der Waals surface area contributed by atoms with Crippen molar-refractivity contribution < 1.29 is 0 Å². The van der Waals surface area contributed by atoms with E-state index < -0.39 is 0 Å². The van der Waals surface area contributed by atoms with Gasteiger partial charge >= 0.3 is 0 Å². The Balaban J connectivity index is 2.70. The SMILES string of the molecule is CCc1cc(NC)c2sccc2n1. The average molecular weight is 192 g/mol. The van der Waals surface area contributed by atoms with Gasteiger partial charge in [-0.05, 0) is 23.9 Å². The van der Waals surface area contributed by atoms with Gasteiger partial charge in [0.05, 0.1) is 15.9 Å². The molecule has 2 aromatic heterocycles. The highest BCUT2D eigenvalue weighted by atomic mass is 32.1. The Kier molecular flexibility index (Phi) is 2.19. The second kappa shape index (κ2) is 3.34. The minimum absolute atomic E-state index is 0.987. The molecule has 13 heavy (non-hydrogen) atoms. The molecular weight excluding hydrogens is 180 g/mol. The molecule has 0 bridgehead atoms. The van der Waals surface area contributed by atoms with Crippen molar-refractivity contribution in [1.29, 1.82) is 0 Å². The molecule has 2 nitrogen and oxygen atoms in total. The zero-order chi connectivity index (χ0) is 9.26. The van der Waals surface area contributed by atoms with Crippen molar-refractivity contribution in [2.45, 2.75) is 13.3 Å². The molecule has 0 unspecified atom stereocenters. The first-order chi connectivity index (χ1) is 6.35. The maximum atomic E-state index is 4.53. The van der Waals surface area contributed by atoms with E-state index in [4.69, 9.17) is 0 Å². The van der Waals surface area contributed by atoms with Crippen LogP contribution in [-0.2, 0) is 6.42 Å². The Morgan fingerprint density at radius 3 is 3.08 bits per heavy atom. The third-order valence-corrected chi connectivity index (χ3v) is 3.03. The maximum absolute atomic E-state index is 4.53. The molecule has 0 aliphatic carbocycles. The quantitative estimate of drug-likeness (QED) is 0.791. The van der Waals surface area contributed by atoms with Crippen LogP contribution in [0.5, 0.6) is 0 Å². The number of aromatic nitrogens is 1. The highest BCUT2D eigenvalue weighted by Gasteiger charge is 2.03. The zero-order valence-electron chi connectivity index (χ0n) is 7.79. The summed E-state index contributed by atoms with van der Waals surface area (Å²) in [5.74, 6) is 0.